The van der Waals surface area contributed by atoms with Crippen LogP contribution in [0.25, 0.3) is 11.1 Å². The summed E-state index contributed by atoms with van der Waals surface area (Å²) in [5.74, 6) is 1.12. The Labute approximate surface area is 123 Å². The molecule has 21 heavy (non-hydrogen) atoms. The van der Waals surface area contributed by atoms with Crippen LogP contribution in [0.1, 0.15) is 45.4 Å². The first kappa shape index (κ1) is 14.1. The number of nitrogens with one attached hydrogen (secondary N) is 1. The molecule has 1 heterocycles. The molecule has 1 aliphatic carbocycles. The Morgan fingerprint density at radius 2 is 2.19 bits per heavy atom. The van der Waals surface area contributed by atoms with Gasteiger partial charge in [0.2, 0.25) is 5.91 Å². The van der Waals surface area contributed by atoms with Gasteiger partial charge >= 0.3 is 0 Å². The Hall–Kier alpha value is -1.88. The molecule has 2 aromatic rings. The van der Waals surface area contributed by atoms with Crippen molar-refractivity contribution in [2.24, 2.45) is 0 Å². The highest BCUT2D eigenvalue weighted by molar-refractivity contribution is 5.93. The van der Waals surface area contributed by atoms with E-state index in [9.17, 15) is 4.79 Å². The highest BCUT2D eigenvalue weighted by Gasteiger charge is 2.28. The molecule has 0 atom stereocenters. The number of carbonyl (C=O) groups is 1. The molecule has 0 aliphatic heterocycles. The number of benzene rings is 1. The van der Waals surface area contributed by atoms with Crippen molar-refractivity contribution in [1.82, 2.24) is 4.98 Å². The maximum Gasteiger partial charge on any atom is 0.250 e. The normalized spacial score (nSPS) is 15.4. The lowest BCUT2D eigenvalue weighted by Gasteiger charge is -2.18. The maximum absolute atomic E-state index is 11.8. The number of hydrogen-bond acceptors (Lipinski definition) is 4. The molecule has 1 aliphatic rings. The lowest BCUT2D eigenvalue weighted by Crippen LogP contribution is -2.27. The monoisotopic (exact) mass is 288 g/mol. The largest absolute Gasteiger partial charge is 0.440 e. The molecule has 1 aromatic heterocycles. The van der Waals surface area contributed by atoms with E-state index in [2.05, 4.69) is 10.3 Å². The molecule has 1 fully saturated rings. The van der Waals surface area contributed by atoms with E-state index in [0.29, 0.717) is 11.6 Å². The smallest absolute Gasteiger partial charge is 0.250 e. The summed E-state index contributed by atoms with van der Waals surface area (Å²) in [5.41, 5.74) is 1.93. The van der Waals surface area contributed by atoms with Gasteiger partial charge in [0.1, 0.15) is 12.1 Å². The first-order valence-electron chi connectivity index (χ1n) is 7.25. The molecule has 1 saturated carbocycles. The molecular weight excluding hydrogens is 268 g/mol. The van der Waals surface area contributed by atoms with Gasteiger partial charge in [-0.05, 0) is 51.8 Å². The van der Waals surface area contributed by atoms with E-state index in [1.165, 1.54) is 0 Å². The number of oxazole rings is 1. The molecule has 0 radical (unpaired) electrons. The van der Waals surface area contributed by atoms with Crippen molar-refractivity contribution in [2.75, 3.05) is 11.9 Å². The van der Waals surface area contributed by atoms with E-state index >= 15 is 0 Å². The maximum atomic E-state index is 11.8. The zero-order valence-corrected chi connectivity index (χ0v) is 12.6. The van der Waals surface area contributed by atoms with Crippen LogP contribution in [-0.2, 0) is 9.53 Å². The fourth-order valence-corrected chi connectivity index (χ4v) is 2.01. The molecule has 1 amide bonds. The van der Waals surface area contributed by atoms with Crippen molar-refractivity contribution in [3.8, 4) is 0 Å². The molecule has 1 aromatic carbocycles. The molecule has 0 unspecified atom stereocenters. The molecule has 0 saturated heterocycles. The van der Waals surface area contributed by atoms with E-state index in [1.807, 2.05) is 39.0 Å². The Balaban J connectivity index is 1.67. The van der Waals surface area contributed by atoms with Gasteiger partial charge in [0.05, 0.1) is 5.60 Å². The summed E-state index contributed by atoms with van der Waals surface area (Å²) in [7, 11) is 0. The lowest BCUT2D eigenvalue weighted by atomic mass is 10.2. The first-order valence-corrected chi connectivity index (χ1v) is 7.25. The van der Waals surface area contributed by atoms with Crippen LogP contribution >= 0.6 is 0 Å². The Bertz CT molecular complexity index is 666. The lowest BCUT2D eigenvalue weighted by molar-refractivity contribution is -0.125. The third-order valence-corrected chi connectivity index (χ3v) is 3.25. The standard InChI is InChI=1S/C16H20N2O3/c1-16(2,3)20-9-14(19)17-11-6-7-13-12(8-11)18-15(21-13)10-4-5-10/h6-8,10H,4-5,9H2,1-3H3,(H,17,19). The number of anilines is 1. The predicted molar refractivity (Wildman–Crippen MR) is 80.3 cm³/mol. The van der Waals surface area contributed by atoms with Gasteiger partial charge in [0.25, 0.3) is 0 Å². The molecule has 0 bridgehead atoms. The van der Waals surface area contributed by atoms with Crippen LogP contribution < -0.4 is 5.32 Å². The summed E-state index contributed by atoms with van der Waals surface area (Å²) in [4.78, 5) is 16.3. The number of nitrogens with zero attached hydrogens (tertiary/aromatic N) is 1. The van der Waals surface area contributed by atoms with E-state index in [0.717, 1.165) is 29.8 Å². The molecule has 5 heteroatoms. The van der Waals surface area contributed by atoms with Crippen LogP contribution in [-0.4, -0.2) is 23.1 Å². The molecule has 5 nitrogen and oxygen atoms in total. The van der Waals surface area contributed by atoms with Crippen LogP contribution in [0.2, 0.25) is 0 Å². The van der Waals surface area contributed by atoms with Gasteiger partial charge in [-0.1, -0.05) is 0 Å². The fraction of sp³-hybridized carbons (Fsp3) is 0.500. The Kier molecular flexibility index (Phi) is 3.45. The molecule has 0 spiro atoms. The minimum atomic E-state index is -0.327. The van der Waals surface area contributed by atoms with Crippen molar-refractivity contribution >= 4 is 22.7 Å². The van der Waals surface area contributed by atoms with Gasteiger partial charge in [0.15, 0.2) is 11.5 Å². The van der Waals surface area contributed by atoms with Gasteiger partial charge in [0, 0.05) is 11.6 Å². The fourth-order valence-electron chi connectivity index (χ4n) is 2.01. The molecule has 112 valence electrons. The van der Waals surface area contributed by atoms with Gasteiger partial charge in [-0.25, -0.2) is 4.98 Å². The summed E-state index contributed by atoms with van der Waals surface area (Å²) >= 11 is 0. The third kappa shape index (κ3) is 3.61. The average molecular weight is 288 g/mol. The Morgan fingerprint density at radius 3 is 2.86 bits per heavy atom. The molecular formula is C16H20N2O3. The highest BCUT2D eigenvalue weighted by atomic mass is 16.5. The number of fused-ring (bicyclic) bond motifs is 1. The van der Waals surface area contributed by atoms with E-state index in [1.54, 1.807) is 0 Å². The van der Waals surface area contributed by atoms with Gasteiger partial charge in [-0.2, -0.15) is 0 Å². The second-order valence-electron chi connectivity index (χ2n) is 6.46. The molecule has 1 N–H and O–H groups in total. The van der Waals surface area contributed by atoms with Crippen molar-refractivity contribution in [3.63, 3.8) is 0 Å². The third-order valence-electron chi connectivity index (χ3n) is 3.25. The zero-order chi connectivity index (χ0) is 15.0. The molecule has 3 rings (SSSR count). The van der Waals surface area contributed by atoms with Crippen LogP contribution in [0, 0.1) is 0 Å². The number of hydrogen-bond donors (Lipinski definition) is 1. The summed E-state index contributed by atoms with van der Waals surface area (Å²) in [6.07, 6.45) is 2.31. The number of ether oxygens (including phenoxy) is 1. The first-order chi connectivity index (χ1) is 9.90. The Morgan fingerprint density at radius 1 is 1.43 bits per heavy atom. The van der Waals surface area contributed by atoms with Gasteiger partial charge < -0.3 is 14.5 Å². The summed E-state index contributed by atoms with van der Waals surface area (Å²) in [6.45, 7) is 5.79. The minimum Gasteiger partial charge on any atom is -0.440 e. The second kappa shape index (κ2) is 5.15. The van der Waals surface area contributed by atoms with Crippen molar-refractivity contribution < 1.29 is 13.9 Å². The van der Waals surface area contributed by atoms with E-state index in [4.69, 9.17) is 9.15 Å². The predicted octanol–water partition coefficient (Wildman–Crippen LogP) is 3.46. The van der Waals surface area contributed by atoms with Crippen molar-refractivity contribution in [3.05, 3.63) is 24.1 Å². The van der Waals surface area contributed by atoms with E-state index in [-0.39, 0.29) is 18.1 Å². The summed E-state index contributed by atoms with van der Waals surface area (Å²) in [6, 6.07) is 5.49. The zero-order valence-electron chi connectivity index (χ0n) is 12.6. The summed E-state index contributed by atoms with van der Waals surface area (Å²) < 4.78 is 11.1. The van der Waals surface area contributed by atoms with Crippen molar-refractivity contribution in [1.29, 1.82) is 0 Å². The number of aromatic nitrogens is 1. The summed E-state index contributed by atoms with van der Waals surface area (Å²) in [5, 5.41) is 2.82. The van der Waals surface area contributed by atoms with Gasteiger partial charge in [-0.3, -0.25) is 4.79 Å². The van der Waals surface area contributed by atoms with Crippen LogP contribution in [0.5, 0.6) is 0 Å². The van der Waals surface area contributed by atoms with Crippen LogP contribution in [0.3, 0.4) is 0 Å². The number of carbonyl (C=O) groups excluding carboxylic acids is 1. The van der Waals surface area contributed by atoms with E-state index < -0.39 is 0 Å². The van der Waals surface area contributed by atoms with Gasteiger partial charge in [-0.15, -0.1) is 0 Å². The number of rotatable bonds is 4. The quantitative estimate of drug-likeness (QED) is 0.935. The SMILES string of the molecule is CC(C)(C)OCC(=O)Nc1ccc2oc(C3CC3)nc2c1. The number of amides is 1. The topological polar surface area (TPSA) is 64.4 Å². The van der Waals surface area contributed by atoms with Crippen LogP contribution in [0.4, 0.5) is 5.69 Å². The van der Waals surface area contributed by atoms with Crippen molar-refractivity contribution in [2.45, 2.75) is 45.1 Å². The highest BCUT2D eigenvalue weighted by Crippen LogP contribution is 2.40. The second-order valence-corrected chi connectivity index (χ2v) is 6.46. The van der Waals surface area contributed by atoms with Crippen LogP contribution in [0.15, 0.2) is 22.6 Å². The average Bonchev–Trinajstić information content (AvgIpc) is 3.16. The minimum absolute atomic E-state index is 0.0354.